The van der Waals surface area contributed by atoms with Crippen molar-refractivity contribution in [3.63, 3.8) is 0 Å². The normalized spacial score (nSPS) is 11.5. The first kappa shape index (κ1) is 12.3. The van der Waals surface area contributed by atoms with E-state index in [1.165, 1.54) is 0 Å². The van der Waals surface area contributed by atoms with Crippen molar-refractivity contribution in [2.24, 2.45) is 0 Å². The minimum atomic E-state index is -0.0564. The molecule has 0 saturated heterocycles. The highest BCUT2D eigenvalue weighted by Crippen LogP contribution is 2.38. The fourth-order valence-corrected chi connectivity index (χ4v) is 2.72. The van der Waals surface area contributed by atoms with E-state index in [-0.39, 0.29) is 5.88 Å². The lowest BCUT2D eigenvalue weighted by atomic mass is 10.1. The first-order valence-electron chi connectivity index (χ1n) is 6.36. The van der Waals surface area contributed by atoms with Gasteiger partial charge in [0, 0.05) is 15.8 Å². The minimum Gasteiger partial charge on any atom is -0.497 e. The molecule has 4 nitrogen and oxygen atoms in total. The highest BCUT2D eigenvalue weighted by atomic mass is 35.5. The molecule has 0 aliphatic rings. The number of hydrogen-bond acceptors (Lipinski definition) is 4. The van der Waals surface area contributed by atoms with Gasteiger partial charge in [0.25, 0.3) is 0 Å². The van der Waals surface area contributed by atoms with Crippen LogP contribution >= 0.6 is 11.6 Å². The maximum atomic E-state index is 10.2. The first-order chi connectivity index (χ1) is 10.2. The van der Waals surface area contributed by atoms with Gasteiger partial charge in [-0.2, -0.15) is 0 Å². The van der Waals surface area contributed by atoms with Gasteiger partial charge in [-0.1, -0.05) is 11.6 Å². The Hall–Kier alpha value is -2.46. The fraction of sp³-hybridized carbons (Fsp3) is 0.0625. The Morgan fingerprint density at radius 2 is 1.95 bits per heavy atom. The van der Waals surface area contributed by atoms with Crippen molar-refractivity contribution in [2.45, 2.75) is 0 Å². The zero-order chi connectivity index (χ0) is 14.6. The summed E-state index contributed by atoms with van der Waals surface area (Å²) in [6.07, 6.45) is 0. The third-order valence-corrected chi connectivity index (χ3v) is 3.79. The van der Waals surface area contributed by atoms with Crippen molar-refractivity contribution in [1.82, 2.24) is 4.98 Å². The lowest BCUT2D eigenvalue weighted by Gasteiger charge is -2.04. The summed E-state index contributed by atoms with van der Waals surface area (Å²) >= 11 is 6.03. The predicted molar refractivity (Wildman–Crippen MR) is 82.2 cm³/mol. The molecule has 0 atom stereocenters. The number of furan rings is 1. The van der Waals surface area contributed by atoms with Gasteiger partial charge in [0.15, 0.2) is 5.58 Å². The zero-order valence-electron chi connectivity index (χ0n) is 11.1. The van der Waals surface area contributed by atoms with Crippen LogP contribution in [0.1, 0.15) is 0 Å². The number of pyridine rings is 1. The van der Waals surface area contributed by atoms with Gasteiger partial charge in [0.1, 0.15) is 16.8 Å². The molecule has 2 aromatic heterocycles. The van der Waals surface area contributed by atoms with Gasteiger partial charge in [-0.25, -0.2) is 4.98 Å². The van der Waals surface area contributed by atoms with Crippen LogP contribution in [0.4, 0.5) is 0 Å². The highest BCUT2D eigenvalue weighted by molar-refractivity contribution is 6.31. The lowest BCUT2D eigenvalue weighted by Crippen LogP contribution is -1.85. The number of aromatic nitrogens is 1. The molecular weight excluding hydrogens is 290 g/mol. The van der Waals surface area contributed by atoms with Crippen LogP contribution in [0.25, 0.3) is 32.8 Å². The standard InChI is InChI=1S/C16H10ClNO3/c1-20-9-3-4-10-11(7-9)16(19)18-14-12-6-8(17)2-5-13(12)21-15(10)14/h2-7H,1H3,(H,18,19). The monoisotopic (exact) mass is 299 g/mol. The van der Waals surface area contributed by atoms with Crippen LogP contribution in [0.5, 0.6) is 11.6 Å². The van der Waals surface area contributed by atoms with Crippen LogP contribution in [0.15, 0.2) is 40.8 Å². The maximum absolute atomic E-state index is 10.2. The minimum absolute atomic E-state index is 0.0564. The summed E-state index contributed by atoms with van der Waals surface area (Å²) < 4.78 is 11.1. The smallest absolute Gasteiger partial charge is 0.219 e. The number of methoxy groups -OCH3 is 1. The molecule has 0 saturated carbocycles. The molecule has 1 N–H and O–H groups in total. The predicted octanol–water partition coefficient (Wildman–Crippen LogP) is 4.50. The number of benzene rings is 2. The van der Waals surface area contributed by atoms with Crippen molar-refractivity contribution in [3.05, 3.63) is 41.4 Å². The third kappa shape index (κ3) is 1.73. The summed E-state index contributed by atoms with van der Waals surface area (Å²) in [5, 5.41) is 12.9. The maximum Gasteiger partial charge on any atom is 0.219 e. The molecule has 0 aliphatic carbocycles. The first-order valence-corrected chi connectivity index (χ1v) is 6.73. The molecule has 4 rings (SSSR count). The Labute approximate surface area is 124 Å². The van der Waals surface area contributed by atoms with E-state index in [9.17, 15) is 5.11 Å². The van der Waals surface area contributed by atoms with Crippen LogP contribution in [0.2, 0.25) is 5.02 Å². The highest BCUT2D eigenvalue weighted by Gasteiger charge is 2.15. The Balaban J connectivity index is 2.21. The topological polar surface area (TPSA) is 55.5 Å². The van der Waals surface area contributed by atoms with Crippen molar-refractivity contribution >= 4 is 44.4 Å². The number of rotatable bonds is 1. The van der Waals surface area contributed by atoms with Gasteiger partial charge in [-0.05, 0) is 36.4 Å². The van der Waals surface area contributed by atoms with Gasteiger partial charge < -0.3 is 14.3 Å². The van der Waals surface area contributed by atoms with E-state index in [4.69, 9.17) is 20.8 Å². The molecule has 2 heterocycles. The van der Waals surface area contributed by atoms with E-state index in [1.54, 1.807) is 31.4 Å². The van der Waals surface area contributed by atoms with E-state index in [1.807, 2.05) is 12.1 Å². The lowest BCUT2D eigenvalue weighted by molar-refractivity contribution is 0.415. The summed E-state index contributed by atoms with van der Waals surface area (Å²) in [6.45, 7) is 0. The van der Waals surface area contributed by atoms with Crippen molar-refractivity contribution < 1.29 is 14.3 Å². The summed E-state index contributed by atoms with van der Waals surface area (Å²) in [5.41, 5.74) is 1.91. The van der Waals surface area contributed by atoms with Crippen molar-refractivity contribution in [3.8, 4) is 11.6 Å². The second kappa shape index (κ2) is 4.27. The van der Waals surface area contributed by atoms with E-state index in [0.717, 1.165) is 10.8 Å². The Morgan fingerprint density at radius 1 is 1.10 bits per heavy atom. The van der Waals surface area contributed by atoms with Gasteiger partial charge in [-0.15, -0.1) is 0 Å². The van der Waals surface area contributed by atoms with Crippen LogP contribution in [0, 0.1) is 0 Å². The Kier molecular flexibility index (Phi) is 2.50. The second-order valence-electron chi connectivity index (χ2n) is 4.77. The summed E-state index contributed by atoms with van der Waals surface area (Å²) in [4.78, 5) is 4.26. The third-order valence-electron chi connectivity index (χ3n) is 3.55. The SMILES string of the molecule is COc1ccc2c(c1)c(O)nc1c3cc(Cl)ccc3oc21. The van der Waals surface area contributed by atoms with Gasteiger partial charge in [-0.3, -0.25) is 0 Å². The number of aromatic hydroxyl groups is 1. The van der Waals surface area contributed by atoms with Crippen molar-refractivity contribution in [2.75, 3.05) is 7.11 Å². The number of ether oxygens (including phenoxy) is 1. The molecule has 0 unspecified atom stereocenters. The van der Waals surface area contributed by atoms with E-state index in [2.05, 4.69) is 4.98 Å². The number of hydrogen-bond donors (Lipinski definition) is 1. The van der Waals surface area contributed by atoms with Crippen molar-refractivity contribution in [1.29, 1.82) is 0 Å². The van der Waals surface area contributed by atoms with Gasteiger partial charge in [0.05, 0.1) is 12.5 Å². The quantitative estimate of drug-likeness (QED) is 0.562. The molecule has 4 aromatic rings. The second-order valence-corrected chi connectivity index (χ2v) is 5.20. The molecule has 5 heteroatoms. The number of nitrogens with zero attached hydrogens (tertiary/aromatic N) is 1. The molecule has 0 radical (unpaired) electrons. The van der Waals surface area contributed by atoms with Crippen LogP contribution in [-0.4, -0.2) is 17.2 Å². The van der Waals surface area contributed by atoms with Gasteiger partial charge in [0.2, 0.25) is 5.88 Å². The molecule has 2 aromatic carbocycles. The molecule has 0 bridgehead atoms. The molecule has 104 valence electrons. The zero-order valence-corrected chi connectivity index (χ0v) is 11.8. The average Bonchev–Trinajstić information content (AvgIpc) is 2.85. The van der Waals surface area contributed by atoms with E-state index < -0.39 is 0 Å². The van der Waals surface area contributed by atoms with Crippen LogP contribution in [-0.2, 0) is 0 Å². The summed E-state index contributed by atoms with van der Waals surface area (Å²) in [5.74, 6) is 0.595. The van der Waals surface area contributed by atoms with E-state index in [0.29, 0.717) is 32.8 Å². The molecule has 0 amide bonds. The molecule has 0 aliphatic heterocycles. The van der Waals surface area contributed by atoms with Crippen LogP contribution < -0.4 is 4.74 Å². The largest absolute Gasteiger partial charge is 0.497 e. The summed E-state index contributed by atoms with van der Waals surface area (Å²) in [7, 11) is 1.58. The van der Waals surface area contributed by atoms with Crippen LogP contribution in [0.3, 0.4) is 0 Å². The summed E-state index contributed by atoms with van der Waals surface area (Å²) in [6, 6.07) is 10.7. The molecular formula is C16H10ClNO3. The Morgan fingerprint density at radius 3 is 2.76 bits per heavy atom. The Bertz CT molecular complexity index is 1010. The number of fused-ring (bicyclic) bond motifs is 5. The fourth-order valence-electron chi connectivity index (χ4n) is 2.55. The van der Waals surface area contributed by atoms with Gasteiger partial charge >= 0.3 is 0 Å². The van der Waals surface area contributed by atoms with E-state index >= 15 is 0 Å². The molecule has 0 spiro atoms. The molecule has 0 fully saturated rings. The molecule has 21 heavy (non-hydrogen) atoms. The number of halogens is 1. The average molecular weight is 300 g/mol.